The van der Waals surface area contributed by atoms with Crippen LogP contribution in [0.5, 0.6) is 11.5 Å². The Bertz CT molecular complexity index is 1600. The van der Waals surface area contributed by atoms with Crippen LogP contribution in [0.3, 0.4) is 0 Å². The molecule has 0 fully saturated rings. The second kappa shape index (κ2) is 11.3. The highest BCUT2D eigenvalue weighted by Crippen LogP contribution is 2.44. The van der Waals surface area contributed by atoms with Gasteiger partial charge in [-0.2, -0.15) is 16.8 Å². The van der Waals surface area contributed by atoms with Crippen molar-refractivity contribution in [3.05, 3.63) is 75.3 Å². The zero-order chi connectivity index (χ0) is 28.6. The molecule has 3 aromatic rings. The van der Waals surface area contributed by atoms with E-state index in [-0.39, 0.29) is 0 Å². The first kappa shape index (κ1) is 30.1. The van der Waals surface area contributed by atoms with E-state index in [1.165, 1.54) is 7.11 Å². The van der Waals surface area contributed by atoms with E-state index in [1.807, 2.05) is 52.0 Å². The quantitative estimate of drug-likeness (QED) is 0.289. The SMILES string of the molecule is COc1c(C)cc(C)cc1P(c1cc(C)cc(CS(=O)(=O)O)c1C)c1cc(C)cc(CS(=O)(=O)O)c1OC. The van der Waals surface area contributed by atoms with Crippen molar-refractivity contribution < 1.29 is 35.4 Å². The van der Waals surface area contributed by atoms with Crippen LogP contribution < -0.4 is 25.4 Å². The molecule has 3 rings (SSSR count). The molecular weight excluding hydrogens is 547 g/mol. The van der Waals surface area contributed by atoms with Crippen molar-refractivity contribution in [2.75, 3.05) is 14.2 Å². The highest BCUT2D eigenvalue weighted by Gasteiger charge is 2.30. The van der Waals surface area contributed by atoms with Crippen LogP contribution in [0, 0.1) is 34.6 Å². The van der Waals surface area contributed by atoms with Crippen molar-refractivity contribution in [1.29, 1.82) is 0 Å². The molecule has 0 aromatic heterocycles. The summed E-state index contributed by atoms with van der Waals surface area (Å²) in [5.41, 5.74) is 4.90. The van der Waals surface area contributed by atoms with Gasteiger partial charge in [-0.25, -0.2) is 0 Å². The van der Waals surface area contributed by atoms with Crippen LogP contribution in [0.4, 0.5) is 0 Å². The summed E-state index contributed by atoms with van der Waals surface area (Å²) in [6.07, 6.45) is 0. The fourth-order valence-electron chi connectivity index (χ4n) is 4.78. The second-order valence-electron chi connectivity index (χ2n) is 9.47. The standard InChI is InChI=1S/C27H33O8PS2/c1-16-8-19(4)26(34-6)24(12-16)36(23-11-17(2)9-21(20(23)5)14-37(28,29)30)25-13-18(3)10-22(27(25)35-7)15-38(31,32)33/h8-13H,14-15H2,1-7H3,(H,28,29,30)(H,31,32,33). The van der Waals surface area contributed by atoms with E-state index in [0.29, 0.717) is 33.5 Å². The van der Waals surface area contributed by atoms with E-state index in [9.17, 15) is 25.9 Å². The molecule has 0 amide bonds. The van der Waals surface area contributed by atoms with Crippen LogP contribution in [-0.2, 0) is 31.7 Å². The third-order valence-electron chi connectivity index (χ3n) is 6.13. The van der Waals surface area contributed by atoms with Gasteiger partial charge in [-0.05, 0) is 87.8 Å². The average Bonchev–Trinajstić information content (AvgIpc) is 2.74. The Kier molecular flexibility index (Phi) is 8.95. The van der Waals surface area contributed by atoms with E-state index in [4.69, 9.17) is 9.47 Å². The number of rotatable bonds is 9. The normalized spacial score (nSPS) is 12.9. The molecule has 0 saturated heterocycles. The Labute approximate surface area is 226 Å². The highest BCUT2D eigenvalue weighted by molar-refractivity contribution is 7.85. The molecule has 3 aromatic carbocycles. The number of hydrogen-bond donors (Lipinski definition) is 2. The second-order valence-corrected chi connectivity index (χ2v) is 14.5. The number of benzene rings is 3. The van der Waals surface area contributed by atoms with Crippen LogP contribution in [-0.4, -0.2) is 40.2 Å². The minimum Gasteiger partial charge on any atom is -0.496 e. The third kappa shape index (κ3) is 6.93. The molecule has 0 bridgehead atoms. The Morgan fingerprint density at radius 2 is 1.05 bits per heavy atom. The van der Waals surface area contributed by atoms with Crippen LogP contribution >= 0.6 is 7.92 Å². The summed E-state index contributed by atoms with van der Waals surface area (Å²) in [5.74, 6) is -0.199. The average molecular weight is 581 g/mol. The van der Waals surface area contributed by atoms with Crippen molar-refractivity contribution in [3.63, 3.8) is 0 Å². The van der Waals surface area contributed by atoms with Gasteiger partial charge in [0, 0.05) is 16.2 Å². The van der Waals surface area contributed by atoms with E-state index in [2.05, 4.69) is 0 Å². The maximum Gasteiger partial charge on any atom is 0.269 e. The zero-order valence-corrected chi connectivity index (χ0v) is 25.0. The van der Waals surface area contributed by atoms with Gasteiger partial charge in [-0.1, -0.05) is 29.8 Å². The summed E-state index contributed by atoms with van der Waals surface area (Å²) in [4.78, 5) is 0. The molecule has 0 aliphatic rings. The smallest absolute Gasteiger partial charge is 0.269 e. The maximum absolute atomic E-state index is 11.9. The van der Waals surface area contributed by atoms with Gasteiger partial charge < -0.3 is 9.47 Å². The summed E-state index contributed by atoms with van der Waals surface area (Å²) in [7, 11) is -7.13. The topological polar surface area (TPSA) is 127 Å². The lowest BCUT2D eigenvalue weighted by molar-refractivity contribution is 0.413. The maximum atomic E-state index is 11.9. The van der Waals surface area contributed by atoms with Crippen LogP contribution in [0.2, 0.25) is 0 Å². The van der Waals surface area contributed by atoms with Gasteiger partial charge in [0.25, 0.3) is 20.2 Å². The molecule has 38 heavy (non-hydrogen) atoms. The lowest BCUT2D eigenvalue weighted by atomic mass is 10.1. The number of hydrogen-bond acceptors (Lipinski definition) is 6. The van der Waals surface area contributed by atoms with Gasteiger partial charge in [-0.3, -0.25) is 9.11 Å². The molecule has 11 heteroatoms. The molecule has 0 saturated carbocycles. The summed E-state index contributed by atoms with van der Waals surface area (Å²) >= 11 is 0. The van der Waals surface area contributed by atoms with E-state index in [0.717, 1.165) is 32.9 Å². The molecule has 0 spiro atoms. The van der Waals surface area contributed by atoms with Gasteiger partial charge in [-0.15, -0.1) is 0 Å². The van der Waals surface area contributed by atoms with Gasteiger partial charge in [0.15, 0.2) is 0 Å². The summed E-state index contributed by atoms with van der Waals surface area (Å²) in [5, 5.41) is 2.34. The van der Waals surface area contributed by atoms with E-state index < -0.39 is 39.7 Å². The molecule has 8 nitrogen and oxygen atoms in total. The first-order valence-electron chi connectivity index (χ1n) is 11.7. The van der Waals surface area contributed by atoms with Crippen LogP contribution in [0.15, 0.2) is 36.4 Å². The van der Waals surface area contributed by atoms with Crippen molar-refractivity contribution >= 4 is 44.1 Å². The first-order valence-corrected chi connectivity index (χ1v) is 16.2. The van der Waals surface area contributed by atoms with Gasteiger partial charge in [0.2, 0.25) is 0 Å². The van der Waals surface area contributed by atoms with Crippen molar-refractivity contribution in [3.8, 4) is 11.5 Å². The Balaban J connectivity index is 2.52. The number of methoxy groups -OCH3 is 2. The van der Waals surface area contributed by atoms with Crippen LogP contribution in [0.1, 0.15) is 38.9 Å². The largest absolute Gasteiger partial charge is 0.496 e. The van der Waals surface area contributed by atoms with Gasteiger partial charge in [0.05, 0.1) is 14.2 Å². The molecular formula is C27H33O8PS2. The van der Waals surface area contributed by atoms with Crippen molar-refractivity contribution in [2.45, 2.75) is 46.1 Å². The molecule has 0 aliphatic carbocycles. The molecule has 0 aliphatic heterocycles. The molecule has 0 heterocycles. The molecule has 1 unspecified atom stereocenters. The predicted octanol–water partition coefficient (Wildman–Crippen LogP) is 3.78. The zero-order valence-electron chi connectivity index (χ0n) is 22.5. The number of ether oxygens (including phenoxy) is 2. The monoisotopic (exact) mass is 580 g/mol. The third-order valence-corrected chi connectivity index (χ3v) is 10.1. The Morgan fingerprint density at radius 1 is 0.632 bits per heavy atom. The summed E-state index contributed by atoms with van der Waals surface area (Å²) in [6, 6.07) is 11.3. The lowest BCUT2D eigenvalue weighted by Gasteiger charge is -2.28. The predicted molar refractivity (Wildman–Crippen MR) is 152 cm³/mol. The Morgan fingerprint density at radius 3 is 1.55 bits per heavy atom. The fraction of sp³-hybridized carbons (Fsp3) is 0.333. The molecule has 1 atom stereocenters. The fourth-order valence-corrected chi connectivity index (χ4v) is 9.24. The molecule has 0 radical (unpaired) electrons. The lowest BCUT2D eigenvalue weighted by Crippen LogP contribution is -2.27. The summed E-state index contributed by atoms with van der Waals surface area (Å²) < 4.78 is 78.3. The highest BCUT2D eigenvalue weighted by atomic mass is 32.2. The minimum absolute atomic E-state index is 0.310. The first-order chi connectivity index (χ1) is 17.5. The molecule has 2 N–H and O–H groups in total. The van der Waals surface area contributed by atoms with Crippen molar-refractivity contribution in [2.24, 2.45) is 0 Å². The van der Waals surface area contributed by atoms with E-state index >= 15 is 0 Å². The Hall–Kier alpha value is -2.49. The van der Waals surface area contributed by atoms with Gasteiger partial charge >= 0.3 is 0 Å². The van der Waals surface area contributed by atoms with Gasteiger partial charge in [0.1, 0.15) is 23.0 Å². The van der Waals surface area contributed by atoms with Crippen LogP contribution in [0.25, 0.3) is 0 Å². The minimum atomic E-state index is -4.36. The number of aryl methyl sites for hydroxylation is 4. The van der Waals surface area contributed by atoms with E-state index in [1.54, 1.807) is 26.2 Å². The van der Waals surface area contributed by atoms with Crippen molar-refractivity contribution in [1.82, 2.24) is 0 Å². The molecule has 206 valence electrons. The summed E-state index contributed by atoms with van der Waals surface area (Å²) in [6.45, 7) is 9.39.